The molecule has 3 rings (SSSR count). The fourth-order valence-electron chi connectivity index (χ4n) is 4.86. The smallest absolute Gasteiger partial charge is 0.157 e. The van der Waals surface area contributed by atoms with E-state index in [0.29, 0.717) is 23.4 Å². The summed E-state index contributed by atoms with van der Waals surface area (Å²) in [5.41, 5.74) is 2.07. The average molecular weight is 408 g/mol. The van der Waals surface area contributed by atoms with E-state index in [9.17, 15) is 9.60 Å². The first-order valence-corrected chi connectivity index (χ1v) is 11.3. The number of quaternary nitrogens is 1. The number of likely N-dealkylation sites (tertiary alicyclic amines) is 1. The summed E-state index contributed by atoms with van der Waals surface area (Å²) >= 11 is 0. The van der Waals surface area contributed by atoms with Gasteiger partial charge in [-0.25, -0.2) is 4.39 Å². The quantitative estimate of drug-likeness (QED) is 0.676. The third-order valence-electron chi connectivity index (χ3n) is 6.86. The summed E-state index contributed by atoms with van der Waals surface area (Å²) in [5.74, 6) is -0.318. The summed E-state index contributed by atoms with van der Waals surface area (Å²) < 4.78 is 19.9. The van der Waals surface area contributed by atoms with Crippen molar-refractivity contribution in [2.75, 3.05) is 32.1 Å². The van der Waals surface area contributed by atoms with Gasteiger partial charge >= 0.3 is 0 Å². The molecule has 0 amide bonds. The first-order chi connectivity index (χ1) is 13.8. The van der Waals surface area contributed by atoms with E-state index in [0.717, 1.165) is 57.5 Å². The van der Waals surface area contributed by atoms with Gasteiger partial charge in [0.2, 0.25) is 0 Å². The maximum atomic E-state index is 13.9. The van der Waals surface area contributed by atoms with Crippen LogP contribution in [0.5, 0.6) is 0 Å². The largest absolute Gasteiger partial charge is 0.629 e. The molecule has 2 aliphatic rings. The summed E-state index contributed by atoms with van der Waals surface area (Å²) in [6.07, 6.45) is 8.33. The van der Waals surface area contributed by atoms with Gasteiger partial charge in [-0.1, -0.05) is 6.92 Å². The Morgan fingerprint density at radius 3 is 2.48 bits per heavy atom. The summed E-state index contributed by atoms with van der Waals surface area (Å²) in [6, 6.07) is 3.47. The van der Waals surface area contributed by atoms with Gasteiger partial charge in [-0.2, -0.15) is 0 Å². The monoisotopic (exact) mass is 407 g/mol. The molecule has 1 atom stereocenters. The van der Waals surface area contributed by atoms with E-state index in [-0.39, 0.29) is 16.4 Å². The van der Waals surface area contributed by atoms with Crippen LogP contribution in [0.4, 0.5) is 15.8 Å². The lowest BCUT2D eigenvalue weighted by Gasteiger charge is -2.48. The summed E-state index contributed by atoms with van der Waals surface area (Å²) in [7, 11) is 1.50. The lowest BCUT2D eigenvalue weighted by atomic mass is 9.79. The van der Waals surface area contributed by atoms with E-state index in [1.165, 1.54) is 26.0 Å². The van der Waals surface area contributed by atoms with E-state index in [1.54, 1.807) is 13.0 Å². The second kappa shape index (κ2) is 9.73. The van der Waals surface area contributed by atoms with E-state index in [2.05, 4.69) is 24.1 Å². The highest BCUT2D eigenvalue weighted by Crippen LogP contribution is 2.37. The van der Waals surface area contributed by atoms with E-state index in [1.807, 2.05) is 0 Å². The second-order valence-electron chi connectivity index (χ2n) is 9.18. The van der Waals surface area contributed by atoms with Crippen molar-refractivity contribution in [3.63, 3.8) is 0 Å². The molecule has 0 radical (unpaired) electrons. The molecule has 5 nitrogen and oxygen atoms in total. The molecule has 29 heavy (non-hydrogen) atoms. The van der Waals surface area contributed by atoms with Crippen LogP contribution < -0.4 is 10.4 Å². The normalized spacial score (nSPS) is 27.7. The van der Waals surface area contributed by atoms with Gasteiger partial charge in [-0.15, -0.1) is 0 Å². The van der Waals surface area contributed by atoms with Crippen LogP contribution in [0.2, 0.25) is 0 Å². The van der Waals surface area contributed by atoms with Crippen LogP contribution in [0.3, 0.4) is 0 Å². The highest BCUT2D eigenvalue weighted by atomic mass is 19.1. The number of piperidine rings is 1. The van der Waals surface area contributed by atoms with Crippen LogP contribution in [-0.2, 0) is 4.74 Å². The molecule has 1 saturated heterocycles. The number of nitrogens with one attached hydrogen (secondary N) is 2. The Labute approximate surface area is 175 Å². The fraction of sp³-hybridized carbons (Fsp3) is 0.739. The molecular formula is C23H38FN3O2. The lowest BCUT2D eigenvalue weighted by Crippen LogP contribution is -2.98. The first kappa shape index (κ1) is 22.5. The molecule has 0 spiro atoms. The molecule has 1 aliphatic carbocycles. The maximum Gasteiger partial charge on any atom is 0.157 e. The zero-order valence-electron chi connectivity index (χ0n) is 18.5. The molecule has 1 heterocycles. The van der Waals surface area contributed by atoms with Crippen molar-refractivity contribution in [1.82, 2.24) is 4.90 Å². The zero-order chi connectivity index (χ0) is 21.0. The van der Waals surface area contributed by atoms with E-state index >= 15 is 0 Å². The van der Waals surface area contributed by atoms with Crippen LogP contribution in [0.15, 0.2) is 12.1 Å². The van der Waals surface area contributed by atoms with Gasteiger partial charge in [-0.05, 0) is 70.4 Å². The Balaban J connectivity index is 1.54. The number of hydrogen-bond donors (Lipinski definition) is 2. The molecular weight excluding hydrogens is 369 g/mol. The SMILES string of the molecule is CCCOC1CCC(C)(N2CCC(Nc3cc(C)c(F)cc3[NH+](C)[O-])CC2)CC1. The molecule has 1 saturated carbocycles. The van der Waals surface area contributed by atoms with Crippen LogP contribution in [0, 0.1) is 17.9 Å². The fourth-order valence-corrected chi connectivity index (χ4v) is 4.86. The Kier molecular flexibility index (Phi) is 7.54. The standard InChI is InChI=1S/C23H38FN3O2/c1-5-14-29-19-6-10-23(3,11-7-19)27-12-8-18(9-13-27)25-21-15-17(2)20(24)16-22(21)26(4)28/h15-16,18-19,25-26H,5-14H2,1-4H3. The molecule has 2 fully saturated rings. The van der Waals surface area contributed by atoms with Crippen molar-refractivity contribution < 1.29 is 14.2 Å². The average Bonchev–Trinajstić information content (AvgIpc) is 2.70. The molecule has 1 aromatic rings. The maximum absolute atomic E-state index is 13.9. The number of benzene rings is 1. The van der Waals surface area contributed by atoms with Crippen molar-refractivity contribution >= 4 is 11.4 Å². The number of ether oxygens (including phenoxy) is 1. The Morgan fingerprint density at radius 1 is 1.24 bits per heavy atom. The molecule has 164 valence electrons. The number of hydrogen-bond acceptors (Lipinski definition) is 4. The van der Waals surface area contributed by atoms with Crippen molar-refractivity contribution in [2.24, 2.45) is 0 Å². The molecule has 2 N–H and O–H groups in total. The van der Waals surface area contributed by atoms with Gasteiger partial charge in [-0.3, -0.25) is 4.90 Å². The van der Waals surface area contributed by atoms with Gasteiger partial charge in [0.1, 0.15) is 5.82 Å². The second-order valence-corrected chi connectivity index (χ2v) is 9.18. The minimum Gasteiger partial charge on any atom is -0.629 e. The summed E-state index contributed by atoms with van der Waals surface area (Å²) in [5, 5.41) is 15.4. The number of halogens is 1. The molecule has 0 bridgehead atoms. The highest BCUT2D eigenvalue weighted by Gasteiger charge is 2.38. The van der Waals surface area contributed by atoms with Crippen LogP contribution in [-0.4, -0.2) is 49.3 Å². The van der Waals surface area contributed by atoms with Gasteiger partial charge < -0.3 is 20.3 Å². The predicted octanol–water partition coefficient (Wildman–Crippen LogP) is 3.78. The number of hydroxylamine groups is 1. The van der Waals surface area contributed by atoms with Crippen LogP contribution >= 0.6 is 0 Å². The Bertz CT molecular complexity index is 666. The van der Waals surface area contributed by atoms with E-state index < -0.39 is 0 Å². The lowest BCUT2D eigenvalue weighted by molar-refractivity contribution is -0.750. The topological polar surface area (TPSA) is 52.0 Å². The van der Waals surface area contributed by atoms with Crippen LogP contribution in [0.25, 0.3) is 0 Å². The molecule has 1 unspecified atom stereocenters. The van der Waals surface area contributed by atoms with Gasteiger partial charge in [0.15, 0.2) is 5.69 Å². The zero-order valence-corrected chi connectivity index (χ0v) is 18.5. The number of nitrogens with zero attached hydrogens (tertiary/aromatic N) is 1. The minimum atomic E-state index is -0.318. The Hall–Kier alpha value is -1.21. The third kappa shape index (κ3) is 5.48. The van der Waals surface area contributed by atoms with Crippen LogP contribution in [0.1, 0.15) is 64.4 Å². The highest BCUT2D eigenvalue weighted by molar-refractivity contribution is 5.63. The van der Waals surface area contributed by atoms with Crippen molar-refractivity contribution in [3.8, 4) is 0 Å². The van der Waals surface area contributed by atoms with Gasteiger partial charge in [0, 0.05) is 37.3 Å². The molecule has 0 aromatic heterocycles. The van der Waals surface area contributed by atoms with E-state index in [4.69, 9.17) is 4.74 Å². The predicted molar refractivity (Wildman–Crippen MR) is 116 cm³/mol. The van der Waals surface area contributed by atoms with Gasteiger partial charge in [0.05, 0.1) is 18.8 Å². The third-order valence-corrected chi connectivity index (χ3v) is 6.86. The van der Waals surface area contributed by atoms with Crippen molar-refractivity contribution in [3.05, 3.63) is 28.7 Å². The number of rotatable bonds is 7. The molecule has 1 aliphatic heterocycles. The number of anilines is 1. The summed E-state index contributed by atoms with van der Waals surface area (Å²) in [6.45, 7) is 9.32. The molecule has 1 aromatic carbocycles. The van der Waals surface area contributed by atoms with Gasteiger partial charge in [0.25, 0.3) is 0 Å². The first-order valence-electron chi connectivity index (χ1n) is 11.3. The summed E-state index contributed by atoms with van der Waals surface area (Å²) in [4.78, 5) is 2.66. The number of aryl methyl sites for hydroxylation is 1. The Morgan fingerprint density at radius 2 is 1.90 bits per heavy atom. The van der Waals surface area contributed by atoms with Crippen molar-refractivity contribution in [1.29, 1.82) is 0 Å². The minimum absolute atomic E-state index is 0.0987. The van der Waals surface area contributed by atoms with Crippen molar-refractivity contribution in [2.45, 2.75) is 83.4 Å². The molecule has 6 heteroatoms.